The molecule has 0 aromatic heterocycles. The van der Waals surface area contributed by atoms with Gasteiger partial charge in [0.15, 0.2) is 0 Å². The molecule has 0 aromatic rings. The Hall–Kier alpha value is 0. The van der Waals surface area contributed by atoms with Crippen LogP contribution in [0.1, 0.15) is 46.0 Å². The summed E-state index contributed by atoms with van der Waals surface area (Å²) in [5, 5.41) is 0. The van der Waals surface area contributed by atoms with Gasteiger partial charge < -0.3 is 0 Å². The van der Waals surface area contributed by atoms with Crippen molar-refractivity contribution in [2.24, 2.45) is 23.7 Å². The van der Waals surface area contributed by atoms with E-state index in [9.17, 15) is 0 Å². The van der Waals surface area contributed by atoms with Crippen LogP contribution in [-0.2, 0) is 0 Å². The van der Waals surface area contributed by atoms with Crippen molar-refractivity contribution in [1.82, 2.24) is 0 Å². The third kappa shape index (κ3) is 1.32. The molecular formula is C11H20. The van der Waals surface area contributed by atoms with E-state index in [-0.39, 0.29) is 0 Å². The summed E-state index contributed by atoms with van der Waals surface area (Å²) in [6.07, 6.45) is 7.65. The second-order valence-electron chi connectivity index (χ2n) is 4.79. The first-order valence-corrected chi connectivity index (χ1v) is 5.30. The summed E-state index contributed by atoms with van der Waals surface area (Å²) in [6.45, 7) is 4.80. The van der Waals surface area contributed by atoms with E-state index in [1.54, 1.807) is 12.8 Å². The number of fused-ring (bicyclic) bond motifs is 1. The molecule has 0 heterocycles. The van der Waals surface area contributed by atoms with Crippen molar-refractivity contribution in [1.29, 1.82) is 0 Å². The number of rotatable bonds is 1. The van der Waals surface area contributed by atoms with E-state index in [0.29, 0.717) is 0 Å². The van der Waals surface area contributed by atoms with Crippen molar-refractivity contribution in [3.05, 3.63) is 0 Å². The smallest absolute Gasteiger partial charge is 0.0329 e. The summed E-state index contributed by atoms with van der Waals surface area (Å²) in [4.78, 5) is 0. The molecular weight excluding hydrogens is 132 g/mol. The Balaban J connectivity index is 1.91. The molecule has 0 spiro atoms. The van der Waals surface area contributed by atoms with Crippen molar-refractivity contribution in [2.75, 3.05) is 0 Å². The fourth-order valence-corrected chi connectivity index (χ4v) is 3.21. The van der Waals surface area contributed by atoms with Crippen LogP contribution in [0.15, 0.2) is 0 Å². The number of hydrogen-bond donors (Lipinski definition) is 0. The summed E-state index contributed by atoms with van der Waals surface area (Å²) in [7, 11) is 0. The quantitative estimate of drug-likeness (QED) is 0.539. The van der Waals surface area contributed by atoms with Gasteiger partial charge in [-0.15, -0.1) is 0 Å². The van der Waals surface area contributed by atoms with E-state index in [1.807, 2.05) is 0 Å². The lowest BCUT2D eigenvalue weighted by molar-refractivity contribution is 0.461. The van der Waals surface area contributed by atoms with Crippen LogP contribution in [0.4, 0.5) is 0 Å². The largest absolute Gasteiger partial charge is 0.0625 e. The van der Waals surface area contributed by atoms with Crippen LogP contribution in [0, 0.1) is 23.7 Å². The maximum atomic E-state index is 2.40. The highest BCUT2D eigenvalue weighted by molar-refractivity contribution is 4.98. The average Bonchev–Trinajstić information content (AvgIpc) is 2.57. The Labute approximate surface area is 70.4 Å². The molecule has 64 valence electrons. The van der Waals surface area contributed by atoms with Gasteiger partial charge in [0.2, 0.25) is 0 Å². The zero-order valence-corrected chi connectivity index (χ0v) is 7.84. The summed E-state index contributed by atoms with van der Waals surface area (Å²) < 4.78 is 0. The second-order valence-corrected chi connectivity index (χ2v) is 4.79. The van der Waals surface area contributed by atoms with Gasteiger partial charge in [-0.1, -0.05) is 33.1 Å². The third-order valence-electron chi connectivity index (χ3n) is 3.74. The standard InChI is InChI=1S/C11H20/c1-8(2)11-9-6-4-3-5-7-10(9)11/h8-11H,3-7H2,1-2H3. The first-order chi connectivity index (χ1) is 5.30. The van der Waals surface area contributed by atoms with Crippen LogP contribution >= 0.6 is 0 Å². The van der Waals surface area contributed by atoms with Gasteiger partial charge in [0, 0.05) is 0 Å². The van der Waals surface area contributed by atoms with E-state index >= 15 is 0 Å². The minimum atomic E-state index is 0.961. The molecule has 0 N–H and O–H groups in total. The SMILES string of the molecule is CC(C)C1C2CCCCCC21. The van der Waals surface area contributed by atoms with Gasteiger partial charge in [-0.2, -0.15) is 0 Å². The van der Waals surface area contributed by atoms with Crippen LogP contribution < -0.4 is 0 Å². The normalized spacial score (nSPS) is 43.4. The molecule has 2 saturated carbocycles. The zero-order valence-electron chi connectivity index (χ0n) is 7.84. The maximum absolute atomic E-state index is 2.40. The summed E-state index contributed by atoms with van der Waals surface area (Å²) in [5.41, 5.74) is 0. The minimum Gasteiger partial charge on any atom is -0.0625 e. The fraction of sp³-hybridized carbons (Fsp3) is 1.00. The molecule has 0 saturated heterocycles. The van der Waals surface area contributed by atoms with Gasteiger partial charge >= 0.3 is 0 Å². The summed E-state index contributed by atoms with van der Waals surface area (Å²) in [6, 6.07) is 0. The lowest BCUT2D eigenvalue weighted by Crippen LogP contribution is -1.95. The summed E-state index contributed by atoms with van der Waals surface area (Å²) >= 11 is 0. The molecule has 0 bridgehead atoms. The Bertz CT molecular complexity index is 125. The molecule has 0 radical (unpaired) electrons. The Morgan fingerprint density at radius 2 is 1.45 bits per heavy atom. The highest BCUT2D eigenvalue weighted by Crippen LogP contribution is 2.57. The van der Waals surface area contributed by atoms with Crippen LogP contribution in [0.2, 0.25) is 0 Å². The van der Waals surface area contributed by atoms with Gasteiger partial charge in [0.1, 0.15) is 0 Å². The molecule has 2 aliphatic carbocycles. The van der Waals surface area contributed by atoms with Crippen molar-refractivity contribution in [3.63, 3.8) is 0 Å². The molecule has 2 atom stereocenters. The molecule has 0 heteroatoms. The van der Waals surface area contributed by atoms with Crippen molar-refractivity contribution in [2.45, 2.75) is 46.0 Å². The van der Waals surface area contributed by atoms with Gasteiger partial charge in [-0.25, -0.2) is 0 Å². The lowest BCUT2D eigenvalue weighted by atomic mass is 10.0. The molecule has 0 nitrogen and oxygen atoms in total. The zero-order chi connectivity index (χ0) is 7.84. The van der Waals surface area contributed by atoms with E-state index in [4.69, 9.17) is 0 Å². The van der Waals surface area contributed by atoms with E-state index in [0.717, 1.165) is 23.7 Å². The van der Waals surface area contributed by atoms with E-state index in [1.165, 1.54) is 19.3 Å². The van der Waals surface area contributed by atoms with Crippen LogP contribution in [0.3, 0.4) is 0 Å². The second kappa shape index (κ2) is 2.80. The predicted octanol–water partition coefficient (Wildman–Crippen LogP) is 3.47. The molecule has 2 fully saturated rings. The maximum Gasteiger partial charge on any atom is -0.0329 e. The highest BCUT2D eigenvalue weighted by atomic mass is 14.5. The van der Waals surface area contributed by atoms with Gasteiger partial charge in [0.25, 0.3) is 0 Å². The molecule has 2 aliphatic rings. The minimum absolute atomic E-state index is 0.961. The van der Waals surface area contributed by atoms with E-state index in [2.05, 4.69) is 13.8 Å². The van der Waals surface area contributed by atoms with Crippen LogP contribution in [0.25, 0.3) is 0 Å². The molecule has 0 aromatic carbocycles. The topological polar surface area (TPSA) is 0 Å². The summed E-state index contributed by atoms with van der Waals surface area (Å²) in [5.74, 6) is 4.38. The number of hydrogen-bond acceptors (Lipinski definition) is 0. The molecule has 0 aliphatic heterocycles. The Morgan fingerprint density at radius 1 is 0.909 bits per heavy atom. The van der Waals surface area contributed by atoms with Crippen LogP contribution in [-0.4, -0.2) is 0 Å². The molecule has 2 unspecified atom stereocenters. The van der Waals surface area contributed by atoms with Gasteiger partial charge in [0.05, 0.1) is 0 Å². The molecule has 11 heavy (non-hydrogen) atoms. The van der Waals surface area contributed by atoms with Crippen LogP contribution in [0.5, 0.6) is 0 Å². The Morgan fingerprint density at radius 3 is 1.91 bits per heavy atom. The van der Waals surface area contributed by atoms with Crippen molar-refractivity contribution in [3.8, 4) is 0 Å². The van der Waals surface area contributed by atoms with E-state index < -0.39 is 0 Å². The monoisotopic (exact) mass is 152 g/mol. The first kappa shape index (κ1) is 7.64. The predicted molar refractivity (Wildman–Crippen MR) is 48.4 cm³/mol. The van der Waals surface area contributed by atoms with Gasteiger partial charge in [-0.05, 0) is 36.5 Å². The van der Waals surface area contributed by atoms with Crippen molar-refractivity contribution < 1.29 is 0 Å². The fourth-order valence-electron chi connectivity index (χ4n) is 3.21. The van der Waals surface area contributed by atoms with Crippen molar-refractivity contribution >= 4 is 0 Å². The average molecular weight is 152 g/mol. The highest BCUT2D eigenvalue weighted by Gasteiger charge is 2.50. The lowest BCUT2D eigenvalue weighted by Gasteiger charge is -2.04. The first-order valence-electron chi connectivity index (χ1n) is 5.30. The Kier molecular flexibility index (Phi) is 1.95. The van der Waals surface area contributed by atoms with Gasteiger partial charge in [-0.3, -0.25) is 0 Å². The third-order valence-corrected chi connectivity index (χ3v) is 3.74. The molecule has 2 rings (SSSR count). The molecule has 0 amide bonds.